The Hall–Kier alpha value is -3.25. The zero-order chi connectivity index (χ0) is 39.2. The van der Waals surface area contributed by atoms with E-state index < -0.39 is 93.9 Å². The van der Waals surface area contributed by atoms with Crippen molar-refractivity contribution in [2.75, 3.05) is 20.3 Å². The lowest BCUT2D eigenvalue weighted by molar-refractivity contribution is -0.371. The van der Waals surface area contributed by atoms with Gasteiger partial charge >= 0.3 is 17.9 Å². The first-order chi connectivity index (χ1) is 25.6. The molecule has 14 nitrogen and oxygen atoms in total. The van der Waals surface area contributed by atoms with Crippen molar-refractivity contribution in [3.8, 4) is 0 Å². The fourth-order valence-corrected chi connectivity index (χ4v) is 7.71. The second-order valence-electron chi connectivity index (χ2n) is 15.2. The molecule has 3 aliphatic rings. The van der Waals surface area contributed by atoms with Gasteiger partial charge in [0.15, 0.2) is 45.5 Å². The van der Waals surface area contributed by atoms with Gasteiger partial charge in [-0.3, -0.25) is 14.4 Å². The minimum absolute atomic E-state index is 0.169. The molecule has 0 unspecified atom stereocenters. The Bertz CT molecular complexity index is 1530. The van der Waals surface area contributed by atoms with Gasteiger partial charge in [0.25, 0.3) is 0 Å². The van der Waals surface area contributed by atoms with Crippen molar-refractivity contribution in [3.05, 3.63) is 71.8 Å². The number of hydrogen-bond donors (Lipinski definition) is 0. The molecule has 3 fully saturated rings. The first-order valence-electron chi connectivity index (χ1n) is 18.2. The molecule has 0 radical (unpaired) electrons. The Morgan fingerprint density at radius 3 is 1.91 bits per heavy atom. The lowest BCUT2D eigenvalue weighted by Gasteiger charge is -2.52. The van der Waals surface area contributed by atoms with E-state index in [-0.39, 0.29) is 24.9 Å². The van der Waals surface area contributed by atoms with Gasteiger partial charge in [-0.05, 0) is 23.7 Å². The maximum Gasteiger partial charge on any atom is 0.303 e. The van der Waals surface area contributed by atoms with Crippen LogP contribution in [0.4, 0.5) is 0 Å². The number of fused-ring (bicyclic) bond motifs is 1. The molecule has 5 rings (SSSR count). The van der Waals surface area contributed by atoms with Gasteiger partial charge in [0.1, 0.15) is 30.5 Å². The normalized spacial score (nSPS) is 31.5. The van der Waals surface area contributed by atoms with Crippen molar-refractivity contribution in [1.29, 1.82) is 0 Å². The van der Waals surface area contributed by atoms with Gasteiger partial charge in [-0.15, -0.1) is 0 Å². The summed E-state index contributed by atoms with van der Waals surface area (Å²) in [6.45, 7) is 14.4. The summed E-state index contributed by atoms with van der Waals surface area (Å²) in [6, 6.07) is 19.5. The number of methoxy groups -OCH3 is 1. The third kappa shape index (κ3) is 10.3. The van der Waals surface area contributed by atoms with Gasteiger partial charge in [-0.25, -0.2) is 0 Å². The molecular weight excluding hydrogens is 721 g/mol. The molecule has 0 saturated carbocycles. The molecule has 0 bridgehead atoms. The average Bonchev–Trinajstić information content (AvgIpc) is 3.11. The van der Waals surface area contributed by atoms with Crippen molar-refractivity contribution < 1.29 is 66.2 Å². The third-order valence-corrected chi connectivity index (χ3v) is 14.5. The van der Waals surface area contributed by atoms with Gasteiger partial charge in [0.05, 0.1) is 19.8 Å². The third-order valence-electron chi connectivity index (χ3n) is 10.0. The van der Waals surface area contributed by atoms with Crippen molar-refractivity contribution in [3.63, 3.8) is 0 Å². The Balaban J connectivity index is 1.49. The Kier molecular flexibility index (Phi) is 14.1. The van der Waals surface area contributed by atoms with Crippen LogP contribution in [0.1, 0.15) is 59.0 Å². The van der Waals surface area contributed by atoms with Gasteiger partial charge in [-0.2, -0.15) is 0 Å². The lowest BCUT2D eigenvalue weighted by Crippen LogP contribution is -2.66. The standard InChI is InChI=1S/C39H54O14Si/c1-23(40)47-31-29(50-37(43-7)34(49-25(3)42)33(31)48-24(2)41)22-46-38-35(53-54(8,9)39(4,5)6)32(44-20-26-16-12-10-13-17-26)30-28(51-38)21-45-36(52-30)27-18-14-11-15-19-27/h10-19,28-38H,20-22H2,1-9H3/t28-,29-,30-,31-,32+,33+,34-,35+,36-,37+,38-/m1/s1. The van der Waals surface area contributed by atoms with Crippen LogP contribution in [0.3, 0.4) is 0 Å². The molecule has 0 aromatic heterocycles. The molecule has 3 aliphatic heterocycles. The van der Waals surface area contributed by atoms with E-state index in [0.717, 1.165) is 11.1 Å². The highest BCUT2D eigenvalue weighted by molar-refractivity contribution is 6.74. The smallest absolute Gasteiger partial charge is 0.303 e. The number of carbonyl (C=O) groups is 3. The van der Waals surface area contributed by atoms with Crippen LogP contribution >= 0.6 is 0 Å². The first-order valence-corrected chi connectivity index (χ1v) is 21.1. The van der Waals surface area contributed by atoms with Gasteiger partial charge in [-0.1, -0.05) is 81.4 Å². The number of ether oxygens (including phenoxy) is 10. The van der Waals surface area contributed by atoms with Gasteiger partial charge in [0, 0.05) is 33.4 Å². The van der Waals surface area contributed by atoms with Crippen molar-refractivity contribution in [2.24, 2.45) is 0 Å². The quantitative estimate of drug-likeness (QED) is 0.153. The summed E-state index contributed by atoms with van der Waals surface area (Å²) in [5, 5.41) is -0.205. The molecule has 0 N–H and O–H groups in total. The molecule has 0 amide bonds. The molecular formula is C39H54O14Si. The summed E-state index contributed by atoms with van der Waals surface area (Å²) in [6.07, 6.45) is -10.5. The van der Waals surface area contributed by atoms with Crippen LogP contribution < -0.4 is 0 Å². The van der Waals surface area contributed by atoms with E-state index in [9.17, 15) is 14.4 Å². The van der Waals surface area contributed by atoms with Crippen LogP contribution in [0.15, 0.2) is 60.7 Å². The van der Waals surface area contributed by atoms with Crippen molar-refractivity contribution >= 4 is 26.2 Å². The van der Waals surface area contributed by atoms with E-state index in [0.29, 0.717) is 0 Å². The van der Waals surface area contributed by atoms with Gasteiger partial charge < -0.3 is 51.8 Å². The SMILES string of the molecule is CO[C@H]1O[C@H](CO[C@@H]2O[C@@H]3CO[C@@H](c4ccccc4)O[C@H]3[C@H](OCc3ccccc3)[C@@H]2O[Si](C)(C)C(C)(C)C)[C@@H](OC(C)=O)[C@H](OC(C)=O)[C@H]1OC(C)=O. The molecule has 2 aromatic carbocycles. The van der Waals surface area contributed by atoms with E-state index >= 15 is 0 Å². The summed E-state index contributed by atoms with van der Waals surface area (Å²) in [7, 11) is -1.20. The molecule has 11 atom stereocenters. The van der Waals surface area contributed by atoms with E-state index in [1.807, 2.05) is 60.7 Å². The number of carbonyl (C=O) groups excluding carboxylic acids is 3. The predicted molar refractivity (Wildman–Crippen MR) is 194 cm³/mol. The van der Waals surface area contributed by atoms with Crippen LogP contribution in [-0.2, 0) is 72.8 Å². The Morgan fingerprint density at radius 1 is 0.722 bits per heavy atom. The van der Waals surface area contributed by atoms with E-state index in [1.165, 1.54) is 27.9 Å². The van der Waals surface area contributed by atoms with E-state index in [2.05, 4.69) is 33.9 Å². The molecule has 2 aromatic rings. The maximum atomic E-state index is 12.4. The van der Waals surface area contributed by atoms with Crippen molar-refractivity contribution in [2.45, 2.75) is 134 Å². The highest BCUT2D eigenvalue weighted by Crippen LogP contribution is 2.43. The average molecular weight is 775 g/mol. The minimum Gasteiger partial charge on any atom is -0.456 e. The summed E-state index contributed by atoms with van der Waals surface area (Å²) in [4.78, 5) is 36.8. The largest absolute Gasteiger partial charge is 0.456 e. The molecule has 298 valence electrons. The molecule has 0 spiro atoms. The molecule has 3 heterocycles. The molecule has 54 heavy (non-hydrogen) atoms. The predicted octanol–water partition coefficient (Wildman–Crippen LogP) is 4.98. The number of rotatable bonds is 13. The highest BCUT2D eigenvalue weighted by atomic mass is 28.4. The topological polar surface area (TPSA) is 153 Å². The van der Waals surface area contributed by atoms with E-state index in [1.54, 1.807) is 0 Å². The second-order valence-corrected chi connectivity index (χ2v) is 19.9. The van der Waals surface area contributed by atoms with Crippen LogP contribution in [-0.4, -0.2) is 108 Å². The highest BCUT2D eigenvalue weighted by Gasteiger charge is 2.56. The minimum atomic E-state index is -2.55. The first kappa shape index (κ1) is 41.9. The van der Waals surface area contributed by atoms with Crippen LogP contribution in [0.25, 0.3) is 0 Å². The van der Waals surface area contributed by atoms with Crippen molar-refractivity contribution in [1.82, 2.24) is 0 Å². The zero-order valence-electron chi connectivity index (χ0n) is 32.5. The summed E-state index contributed by atoms with van der Waals surface area (Å²) < 4.78 is 68.4. The fourth-order valence-electron chi connectivity index (χ4n) is 6.43. The lowest BCUT2D eigenvalue weighted by atomic mass is 9.96. The second kappa shape index (κ2) is 18.1. The monoisotopic (exact) mass is 774 g/mol. The number of hydrogen-bond acceptors (Lipinski definition) is 14. The van der Waals surface area contributed by atoms with E-state index in [4.69, 9.17) is 51.8 Å². The zero-order valence-corrected chi connectivity index (χ0v) is 33.5. The Labute approximate surface area is 318 Å². The summed E-state index contributed by atoms with van der Waals surface area (Å²) >= 11 is 0. The fraction of sp³-hybridized carbons (Fsp3) is 0.615. The van der Waals surface area contributed by atoms with Crippen LogP contribution in [0.2, 0.25) is 18.1 Å². The number of esters is 3. The summed E-state index contributed by atoms with van der Waals surface area (Å²) in [5.41, 5.74) is 1.81. The van der Waals surface area contributed by atoms with Crippen LogP contribution in [0.5, 0.6) is 0 Å². The molecule has 0 aliphatic carbocycles. The van der Waals surface area contributed by atoms with Gasteiger partial charge in [0.2, 0.25) is 0 Å². The molecule has 15 heteroatoms. The Morgan fingerprint density at radius 2 is 1.31 bits per heavy atom. The maximum absolute atomic E-state index is 12.4. The summed E-state index contributed by atoms with van der Waals surface area (Å²) in [5.74, 6) is -2.06. The number of benzene rings is 2. The van der Waals surface area contributed by atoms with Crippen LogP contribution in [0, 0.1) is 0 Å². The molecule has 3 saturated heterocycles.